The maximum absolute atomic E-state index is 9.84. The molecule has 0 saturated carbocycles. The first kappa shape index (κ1) is 18.1. The zero-order valence-corrected chi connectivity index (χ0v) is 14.7. The molecule has 0 bridgehead atoms. The summed E-state index contributed by atoms with van der Waals surface area (Å²) in [5.74, 6) is 0.166. The quantitative estimate of drug-likeness (QED) is 0.857. The number of rotatable bonds is 4. The van der Waals surface area contributed by atoms with Crippen molar-refractivity contribution in [3.8, 4) is 18.2 Å². The average molecular weight is 323 g/mol. The number of nitrogens with zero attached hydrogens (tertiary/aromatic N) is 4. The Hall–Kier alpha value is -2.29. The van der Waals surface area contributed by atoms with E-state index in [-0.39, 0.29) is 17.5 Å². The van der Waals surface area contributed by atoms with Crippen LogP contribution >= 0.6 is 0 Å². The van der Waals surface area contributed by atoms with Crippen molar-refractivity contribution in [2.75, 3.05) is 19.6 Å². The molecule has 2 rings (SSSR count). The predicted molar refractivity (Wildman–Crippen MR) is 91.7 cm³/mol. The van der Waals surface area contributed by atoms with Crippen molar-refractivity contribution in [1.29, 1.82) is 15.8 Å². The minimum Gasteiger partial charge on any atom is -0.399 e. The largest absolute Gasteiger partial charge is 0.399 e. The second-order valence-electron chi connectivity index (χ2n) is 7.19. The minimum absolute atomic E-state index is 0.00829. The Morgan fingerprint density at radius 3 is 2.50 bits per heavy atom. The van der Waals surface area contributed by atoms with Crippen molar-refractivity contribution < 1.29 is 0 Å². The van der Waals surface area contributed by atoms with Crippen molar-refractivity contribution in [1.82, 2.24) is 4.90 Å². The Labute approximate surface area is 144 Å². The Kier molecular flexibility index (Phi) is 5.33. The predicted octanol–water partition coefficient (Wildman–Crippen LogP) is 2.70. The highest BCUT2D eigenvalue weighted by Crippen LogP contribution is 2.51. The third-order valence-electron chi connectivity index (χ3n) is 5.18. The third-order valence-corrected chi connectivity index (χ3v) is 5.18. The van der Waals surface area contributed by atoms with Gasteiger partial charge in [0.1, 0.15) is 6.07 Å². The minimum atomic E-state index is -1.41. The van der Waals surface area contributed by atoms with E-state index >= 15 is 0 Å². The van der Waals surface area contributed by atoms with Crippen LogP contribution in [0, 0.1) is 57.2 Å². The fraction of sp³-hybridized carbons (Fsp3) is 0.632. The van der Waals surface area contributed by atoms with Gasteiger partial charge in [0.05, 0.1) is 23.4 Å². The fourth-order valence-corrected chi connectivity index (χ4v) is 4.10. The Morgan fingerprint density at radius 2 is 2.00 bits per heavy atom. The molecular weight excluding hydrogens is 298 g/mol. The Bertz CT molecular complexity index is 666. The van der Waals surface area contributed by atoms with E-state index < -0.39 is 5.41 Å². The first-order valence-electron chi connectivity index (χ1n) is 8.60. The van der Waals surface area contributed by atoms with E-state index in [4.69, 9.17) is 5.73 Å². The van der Waals surface area contributed by atoms with Gasteiger partial charge in [-0.25, -0.2) is 0 Å². The summed E-state index contributed by atoms with van der Waals surface area (Å²) in [4.78, 5) is 2.33. The van der Waals surface area contributed by atoms with E-state index in [0.717, 1.165) is 38.0 Å². The van der Waals surface area contributed by atoms with Crippen molar-refractivity contribution in [3.63, 3.8) is 0 Å². The van der Waals surface area contributed by atoms with Gasteiger partial charge in [0.25, 0.3) is 0 Å². The summed E-state index contributed by atoms with van der Waals surface area (Å²) in [5.41, 5.74) is 6.23. The highest BCUT2D eigenvalue weighted by molar-refractivity contribution is 5.56. The van der Waals surface area contributed by atoms with Gasteiger partial charge in [-0.05, 0) is 30.9 Å². The third kappa shape index (κ3) is 2.79. The number of hydrogen-bond donors (Lipinski definition) is 1. The van der Waals surface area contributed by atoms with Crippen LogP contribution < -0.4 is 5.73 Å². The normalized spacial score (nSPS) is 26.1. The van der Waals surface area contributed by atoms with Gasteiger partial charge < -0.3 is 5.73 Å². The first-order valence-corrected chi connectivity index (χ1v) is 8.60. The van der Waals surface area contributed by atoms with Crippen LogP contribution in [0.25, 0.3) is 0 Å². The van der Waals surface area contributed by atoms with E-state index in [1.165, 1.54) is 0 Å². The molecule has 24 heavy (non-hydrogen) atoms. The molecule has 126 valence electrons. The van der Waals surface area contributed by atoms with Crippen molar-refractivity contribution in [2.24, 2.45) is 28.9 Å². The summed E-state index contributed by atoms with van der Waals surface area (Å²) in [6.45, 7) is 8.87. The fourth-order valence-electron chi connectivity index (χ4n) is 4.10. The summed E-state index contributed by atoms with van der Waals surface area (Å²) in [5, 5.41) is 29.3. The molecule has 0 unspecified atom stereocenters. The van der Waals surface area contributed by atoms with Gasteiger partial charge in [-0.15, -0.1) is 0 Å². The Balaban J connectivity index is 2.63. The summed E-state index contributed by atoms with van der Waals surface area (Å²) < 4.78 is 0. The molecule has 0 amide bonds. The van der Waals surface area contributed by atoms with Gasteiger partial charge in [-0.1, -0.05) is 26.8 Å². The zero-order chi connectivity index (χ0) is 17.9. The molecular formula is C19H25N5. The molecule has 0 aromatic heterocycles. The summed E-state index contributed by atoms with van der Waals surface area (Å²) in [6.07, 6.45) is 3.86. The summed E-state index contributed by atoms with van der Waals surface area (Å²) in [6, 6.07) is 6.51. The molecule has 5 nitrogen and oxygen atoms in total. The topological polar surface area (TPSA) is 101 Å². The maximum Gasteiger partial charge on any atom is 0.187 e. The molecule has 0 saturated heterocycles. The molecule has 0 spiro atoms. The van der Waals surface area contributed by atoms with Crippen LogP contribution in [0.3, 0.4) is 0 Å². The van der Waals surface area contributed by atoms with Gasteiger partial charge in [-0.3, -0.25) is 4.90 Å². The lowest BCUT2D eigenvalue weighted by molar-refractivity contribution is 0.148. The smallest absolute Gasteiger partial charge is 0.187 e. The number of nitrogens with two attached hydrogens (primary N) is 1. The molecule has 1 aliphatic heterocycles. The molecule has 1 aliphatic carbocycles. The second-order valence-corrected chi connectivity index (χ2v) is 7.19. The molecule has 0 radical (unpaired) electrons. The van der Waals surface area contributed by atoms with Crippen LogP contribution in [0.5, 0.6) is 0 Å². The van der Waals surface area contributed by atoms with Crippen LogP contribution in [-0.4, -0.2) is 24.5 Å². The summed E-state index contributed by atoms with van der Waals surface area (Å²) in [7, 11) is 0. The van der Waals surface area contributed by atoms with Crippen molar-refractivity contribution in [2.45, 2.75) is 33.6 Å². The lowest BCUT2D eigenvalue weighted by Gasteiger charge is -2.46. The van der Waals surface area contributed by atoms with Gasteiger partial charge in [0.15, 0.2) is 5.41 Å². The number of allylic oxidation sites excluding steroid dienone is 2. The molecule has 0 aromatic carbocycles. The van der Waals surface area contributed by atoms with Crippen molar-refractivity contribution in [3.05, 3.63) is 22.9 Å². The molecule has 2 aliphatic rings. The second kappa shape index (κ2) is 7.08. The van der Waals surface area contributed by atoms with E-state index in [1.807, 2.05) is 0 Å². The molecule has 5 heteroatoms. The van der Waals surface area contributed by atoms with Crippen molar-refractivity contribution >= 4 is 0 Å². The Morgan fingerprint density at radius 1 is 1.33 bits per heavy atom. The van der Waals surface area contributed by atoms with Crippen LogP contribution in [-0.2, 0) is 0 Å². The lowest BCUT2D eigenvalue weighted by Crippen LogP contribution is -2.49. The highest BCUT2D eigenvalue weighted by Gasteiger charge is 2.53. The first-order chi connectivity index (χ1) is 11.4. The molecule has 0 fully saturated rings. The molecule has 2 atom stereocenters. The summed E-state index contributed by atoms with van der Waals surface area (Å²) >= 11 is 0. The number of nitriles is 3. The molecule has 1 heterocycles. The monoisotopic (exact) mass is 323 g/mol. The van der Waals surface area contributed by atoms with Crippen LogP contribution in [0.4, 0.5) is 0 Å². The van der Waals surface area contributed by atoms with Gasteiger partial charge in [-0.2, -0.15) is 15.8 Å². The van der Waals surface area contributed by atoms with Gasteiger partial charge in [0.2, 0.25) is 0 Å². The van der Waals surface area contributed by atoms with Crippen LogP contribution in [0.15, 0.2) is 22.9 Å². The molecule has 0 aromatic rings. The van der Waals surface area contributed by atoms with Gasteiger partial charge in [0, 0.05) is 24.9 Å². The number of fused-ring (bicyclic) bond motifs is 1. The van der Waals surface area contributed by atoms with Crippen LogP contribution in [0.2, 0.25) is 0 Å². The average Bonchev–Trinajstić information content (AvgIpc) is 2.56. The standard InChI is InChI=1S/C19H25N5/c1-4-6-24-7-5-14-15(9-20)18(23)19(11-21,12-22)17(8-13(2)3)16(14)10-24/h5,13,16-17H,4,6-8,10,23H2,1-3H3/t16-,17-/m0/s1. The number of hydrogen-bond acceptors (Lipinski definition) is 5. The van der Waals surface area contributed by atoms with E-state index in [1.54, 1.807) is 0 Å². The highest BCUT2D eigenvalue weighted by atomic mass is 15.1. The van der Waals surface area contributed by atoms with E-state index in [2.05, 4.69) is 50.0 Å². The van der Waals surface area contributed by atoms with Gasteiger partial charge >= 0.3 is 0 Å². The SMILES string of the molecule is CCCN1CC=C2C(C#N)=C(N)C(C#N)(C#N)[C@@H](CC(C)C)[C@H]2C1. The van der Waals surface area contributed by atoms with E-state index in [9.17, 15) is 15.8 Å². The maximum atomic E-state index is 9.84. The molecule has 2 N–H and O–H groups in total. The lowest BCUT2D eigenvalue weighted by atomic mass is 9.58. The van der Waals surface area contributed by atoms with Crippen LogP contribution in [0.1, 0.15) is 33.6 Å². The zero-order valence-electron chi connectivity index (χ0n) is 14.7. The van der Waals surface area contributed by atoms with E-state index in [0.29, 0.717) is 11.5 Å².